The van der Waals surface area contributed by atoms with Gasteiger partial charge in [0.15, 0.2) is 0 Å². The zero-order valence-corrected chi connectivity index (χ0v) is 13.3. The van der Waals surface area contributed by atoms with E-state index < -0.39 is 0 Å². The monoisotopic (exact) mass is 304 g/mol. The Morgan fingerprint density at radius 3 is 2.33 bits per heavy atom. The second-order valence-electron chi connectivity index (χ2n) is 5.81. The van der Waals surface area contributed by atoms with Crippen molar-refractivity contribution >= 4 is 16.7 Å². The number of hydrogen-bond acceptors (Lipinski definition) is 0. The second kappa shape index (κ2) is 6.55. The van der Waals surface area contributed by atoms with Gasteiger partial charge in [-0.15, -0.1) is 11.5 Å². The molecule has 111 valence electrons. The van der Waals surface area contributed by atoms with Crippen molar-refractivity contribution in [1.82, 2.24) is 0 Å². The summed E-state index contributed by atoms with van der Waals surface area (Å²) in [4.78, 5) is 0. The van der Waals surface area contributed by atoms with Crippen LogP contribution in [0.5, 0.6) is 0 Å². The molecule has 0 bridgehead atoms. The molecule has 0 saturated heterocycles. The SMILES string of the molecule is C1=C[CH]C(c2cc(C3=CC=[C+]C=C3)cc(C3=CC=C=CC3)c2)=CC=1. The molecule has 3 aliphatic rings. The Balaban J connectivity index is 1.83. The van der Waals surface area contributed by atoms with Crippen LogP contribution in [0.1, 0.15) is 23.1 Å². The van der Waals surface area contributed by atoms with Gasteiger partial charge in [0.1, 0.15) is 12.2 Å². The highest BCUT2D eigenvalue weighted by Gasteiger charge is 2.13. The summed E-state index contributed by atoms with van der Waals surface area (Å²) in [5.41, 5.74) is 13.7. The molecule has 24 heavy (non-hydrogen) atoms. The highest BCUT2D eigenvalue weighted by Crippen LogP contribution is 2.31. The van der Waals surface area contributed by atoms with E-state index in [4.69, 9.17) is 0 Å². The van der Waals surface area contributed by atoms with Crippen LogP contribution in [0.15, 0.2) is 90.4 Å². The van der Waals surface area contributed by atoms with E-state index in [1.165, 1.54) is 33.4 Å². The molecular formula is C24H16+. The van der Waals surface area contributed by atoms with Crippen molar-refractivity contribution in [3.63, 3.8) is 0 Å². The Bertz CT molecular complexity index is 897. The summed E-state index contributed by atoms with van der Waals surface area (Å²) >= 11 is 0. The van der Waals surface area contributed by atoms with Crippen LogP contribution < -0.4 is 0 Å². The van der Waals surface area contributed by atoms with Crippen LogP contribution in [-0.4, -0.2) is 0 Å². The molecule has 0 heterocycles. The average Bonchev–Trinajstić information content (AvgIpc) is 2.70. The zero-order chi connectivity index (χ0) is 16.2. The van der Waals surface area contributed by atoms with Gasteiger partial charge in [-0.25, -0.2) is 0 Å². The molecule has 0 amide bonds. The van der Waals surface area contributed by atoms with Crippen LogP contribution in [-0.2, 0) is 0 Å². The van der Waals surface area contributed by atoms with Gasteiger partial charge < -0.3 is 0 Å². The van der Waals surface area contributed by atoms with E-state index in [-0.39, 0.29) is 0 Å². The van der Waals surface area contributed by atoms with Crippen molar-refractivity contribution in [1.29, 1.82) is 0 Å². The first-order valence-electron chi connectivity index (χ1n) is 8.09. The van der Waals surface area contributed by atoms with Crippen molar-refractivity contribution in [3.05, 3.63) is 120 Å². The third-order valence-corrected chi connectivity index (χ3v) is 4.23. The van der Waals surface area contributed by atoms with Gasteiger partial charge in [0, 0.05) is 18.1 Å². The van der Waals surface area contributed by atoms with E-state index in [1.807, 2.05) is 30.4 Å². The molecule has 0 aromatic heterocycles. The van der Waals surface area contributed by atoms with E-state index in [2.05, 4.69) is 72.5 Å². The molecule has 1 aromatic rings. The summed E-state index contributed by atoms with van der Waals surface area (Å²) in [7, 11) is 0. The maximum Gasteiger partial charge on any atom is 0.103 e. The molecule has 0 aliphatic heterocycles. The van der Waals surface area contributed by atoms with Crippen LogP contribution in [0, 0.1) is 12.5 Å². The minimum atomic E-state index is 0.921. The van der Waals surface area contributed by atoms with Crippen molar-refractivity contribution in [3.8, 4) is 0 Å². The molecule has 1 radical (unpaired) electrons. The lowest BCUT2D eigenvalue weighted by Crippen LogP contribution is -1.95. The van der Waals surface area contributed by atoms with Gasteiger partial charge in [-0.1, -0.05) is 12.2 Å². The summed E-state index contributed by atoms with van der Waals surface area (Å²) in [6.45, 7) is 0. The number of benzene rings is 1. The van der Waals surface area contributed by atoms with Crippen molar-refractivity contribution in [2.45, 2.75) is 6.42 Å². The largest absolute Gasteiger partial charge is 0.125 e. The molecule has 3 aliphatic carbocycles. The molecular weight excluding hydrogens is 288 g/mol. The molecule has 4 rings (SSSR count). The van der Waals surface area contributed by atoms with E-state index in [0.29, 0.717) is 0 Å². The van der Waals surface area contributed by atoms with E-state index in [9.17, 15) is 0 Å². The summed E-state index contributed by atoms with van der Waals surface area (Å²) in [6, 6.07) is 6.79. The first-order valence-corrected chi connectivity index (χ1v) is 8.09. The van der Waals surface area contributed by atoms with Crippen LogP contribution in [0.25, 0.3) is 16.7 Å². The Labute approximate surface area is 143 Å². The first kappa shape index (κ1) is 14.5. The van der Waals surface area contributed by atoms with Crippen LogP contribution in [0.4, 0.5) is 0 Å². The summed E-state index contributed by atoms with van der Waals surface area (Å²) in [6.07, 6.45) is 26.5. The Kier molecular flexibility index (Phi) is 3.95. The van der Waals surface area contributed by atoms with Crippen LogP contribution in [0.2, 0.25) is 0 Å². The van der Waals surface area contributed by atoms with Crippen LogP contribution in [0.3, 0.4) is 0 Å². The molecule has 0 heteroatoms. The van der Waals surface area contributed by atoms with Crippen LogP contribution >= 0.6 is 0 Å². The quantitative estimate of drug-likeness (QED) is 0.488. The Morgan fingerprint density at radius 2 is 1.62 bits per heavy atom. The summed E-state index contributed by atoms with van der Waals surface area (Å²) in [5, 5.41) is 0. The topological polar surface area (TPSA) is 0 Å². The van der Waals surface area contributed by atoms with Gasteiger partial charge in [0.2, 0.25) is 0 Å². The molecule has 0 nitrogen and oxygen atoms in total. The van der Waals surface area contributed by atoms with E-state index >= 15 is 0 Å². The third-order valence-electron chi connectivity index (χ3n) is 4.23. The third kappa shape index (κ3) is 2.99. The fourth-order valence-corrected chi connectivity index (χ4v) is 2.97. The van der Waals surface area contributed by atoms with Gasteiger partial charge in [-0.2, -0.15) is 0 Å². The summed E-state index contributed by atoms with van der Waals surface area (Å²) in [5.74, 6) is 0. The maximum absolute atomic E-state index is 3.14. The smallest absolute Gasteiger partial charge is 0.103 e. The fraction of sp³-hybridized carbons (Fsp3) is 0.0417. The first-order chi connectivity index (χ1) is 11.9. The van der Waals surface area contributed by atoms with Crippen molar-refractivity contribution in [2.24, 2.45) is 0 Å². The number of hydrogen-bond donors (Lipinski definition) is 0. The lowest BCUT2D eigenvalue weighted by atomic mass is 9.89. The highest BCUT2D eigenvalue weighted by atomic mass is 14.1. The predicted octanol–water partition coefficient (Wildman–Crippen LogP) is 5.81. The summed E-state index contributed by atoms with van der Waals surface area (Å²) < 4.78 is 0. The normalized spacial score (nSPS) is 17.4. The minimum Gasteiger partial charge on any atom is -0.125 e. The highest BCUT2D eigenvalue weighted by molar-refractivity contribution is 5.85. The Morgan fingerprint density at radius 1 is 0.792 bits per heavy atom. The molecule has 0 spiro atoms. The number of allylic oxidation sites excluding steroid dienone is 12. The molecule has 0 unspecified atom stereocenters. The molecule has 0 N–H and O–H groups in total. The van der Waals surface area contributed by atoms with E-state index in [1.54, 1.807) is 0 Å². The lowest BCUT2D eigenvalue weighted by Gasteiger charge is -2.14. The van der Waals surface area contributed by atoms with Gasteiger partial charge >= 0.3 is 0 Å². The lowest BCUT2D eigenvalue weighted by molar-refractivity contribution is 1.36. The van der Waals surface area contributed by atoms with Crippen molar-refractivity contribution < 1.29 is 0 Å². The predicted molar refractivity (Wildman–Crippen MR) is 102 cm³/mol. The standard InChI is InChI=1S/C24H16/c1-4-10-19(11-5-1)22-16-23(20-12-6-2-7-13-20)18-24(17-22)21-14-8-3-9-15-21/h4-14,16-18H,15H2/q+1. The fourth-order valence-electron chi connectivity index (χ4n) is 2.97. The minimum absolute atomic E-state index is 0.921. The van der Waals surface area contributed by atoms with E-state index in [0.717, 1.165) is 6.42 Å². The van der Waals surface area contributed by atoms with Gasteiger partial charge in [-0.05, 0) is 71.2 Å². The molecule has 1 aromatic carbocycles. The Hall–Kier alpha value is -3.13. The average molecular weight is 304 g/mol. The number of rotatable bonds is 3. The molecule has 0 saturated carbocycles. The van der Waals surface area contributed by atoms with Gasteiger partial charge in [-0.3, -0.25) is 0 Å². The molecule has 0 atom stereocenters. The maximum atomic E-state index is 3.14. The second-order valence-corrected chi connectivity index (χ2v) is 5.81. The van der Waals surface area contributed by atoms with Gasteiger partial charge in [0.05, 0.1) is 17.7 Å². The molecule has 0 fully saturated rings. The zero-order valence-electron chi connectivity index (χ0n) is 13.3. The van der Waals surface area contributed by atoms with Gasteiger partial charge in [0.25, 0.3) is 0 Å². The van der Waals surface area contributed by atoms with Crippen molar-refractivity contribution in [2.75, 3.05) is 0 Å².